The van der Waals surface area contributed by atoms with Crippen LogP contribution >= 0.6 is 0 Å². The van der Waals surface area contributed by atoms with Crippen molar-refractivity contribution in [3.8, 4) is 11.3 Å². The molecule has 0 aliphatic carbocycles. The zero-order valence-electron chi connectivity index (χ0n) is 10.3. The average molecular weight is 246 g/mol. The summed E-state index contributed by atoms with van der Waals surface area (Å²) in [5.74, 6) is 0.749. The molecule has 4 heteroatoms. The van der Waals surface area contributed by atoms with Crippen LogP contribution in [0.4, 0.5) is 0 Å². The molecule has 0 saturated heterocycles. The van der Waals surface area contributed by atoms with Crippen LogP contribution < -0.4 is 0 Å². The molecule has 0 aliphatic rings. The highest BCUT2D eigenvalue weighted by atomic mass is 16.5. The molecule has 1 heterocycles. The van der Waals surface area contributed by atoms with Crippen molar-refractivity contribution in [1.29, 1.82) is 0 Å². The fraction of sp³-hybridized carbons (Fsp3) is 0.214. The minimum atomic E-state index is -0.372. The van der Waals surface area contributed by atoms with E-state index in [0.717, 1.165) is 11.1 Å². The molecular weight excluding hydrogens is 232 g/mol. The highest BCUT2D eigenvalue weighted by molar-refractivity contribution is 5.93. The summed E-state index contributed by atoms with van der Waals surface area (Å²) in [6.07, 6.45) is 0. The molecule has 0 bridgehead atoms. The van der Waals surface area contributed by atoms with Gasteiger partial charge in [0.1, 0.15) is 18.1 Å². The Hall–Kier alpha value is -2.07. The first kappa shape index (κ1) is 12.4. The van der Waals surface area contributed by atoms with E-state index in [1.165, 1.54) is 7.11 Å². The third-order valence-corrected chi connectivity index (χ3v) is 2.82. The Morgan fingerprint density at radius 1 is 1.33 bits per heavy atom. The number of hydrogen-bond donors (Lipinski definition) is 1. The molecule has 1 aromatic heterocycles. The average Bonchev–Trinajstić information content (AvgIpc) is 2.86. The summed E-state index contributed by atoms with van der Waals surface area (Å²) in [7, 11) is 1.35. The summed E-state index contributed by atoms with van der Waals surface area (Å²) < 4.78 is 10.2. The predicted molar refractivity (Wildman–Crippen MR) is 66.1 cm³/mol. The quantitative estimate of drug-likeness (QED) is 0.845. The zero-order valence-corrected chi connectivity index (χ0v) is 10.3. The van der Waals surface area contributed by atoms with Gasteiger partial charge in [-0.25, -0.2) is 4.79 Å². The molecule has 2 rings (SSSR count). The van der Waals surface area contributed by atoms with Crippen LogP contribution in [-0.4, -0.2) is 18.2 Å². The van der Waals surface area contributed by atoms with Crippen LogP contribution in [0.5, 0.6) is 0 Å². The number of furan rings is 1. The fourth-order valence-corrected chi connectivity index (χ4v) is 1.84. The number of esters is 1. The molecule has 0 fully saturated rings. The lowest BCUT2D eigenvalue weighted by Crippen LogP contribution is -2.04. The number of aliphatic hydroxyl groups excluding tert-OH is 1. The maximum atomic E-state index is 11.6. The molecule has 1 N–H and O–H groups in total. The summed E-state index contributed by atoms with van der Waals surface area (Å²) in [5.41, 5.74) is 2.12. The van der Waals surface area contributed by atoms with E-state index in [2.05, 4.69) is 0 Å². The van der Waals surface area contributed by atoms with E-state index in [0.29, 0.717) is 17.1 Å². The van der Waals surface area contributed by atoms with Crippen LogP contribution in [0.1, 0.15) is 21.7 Å². The van der Waals surface area contributed by atoms with Crippen molar-refractivity contribution in [3.63, 3.8) is 0 Å². The van der Waals surface area contributed by atoms with Crippen molar-refractivity contribution in [3.05, 3.63) is 47.2 Å². The van der Waals surface area contributed by atoms with Gasteiger partial charge in [-0.15, -0.1) is 0 Å². The van der Waals surface area contributed by atoms with Crippen LogP contribution in [-0.2, 0) is 11.3 Å². The number of benzene rings is 1. The van der Waals surface area contributed by atoms with Crippen molar-refractivity contribution < 1.29 is 19.1 Å². The Bertz CT molecular complexity index is 569. The molecule has 0 aliphatic heterocycles. The number of hydrogen-bond acceptors (Lipinski definition) is 4. The maximum absolute atomic E-state index is 11.6. The molecular formula is C14H14O4. The number of ether oxygens (including phenoxy) is 1. The number of rotatable bonds is 3. The van der Waals surface area contributed by atoms with Gasteiger partial charge in [0.2, 0.25) is 0 Å². The first-order valence-corrected chi connectivity index (χ1v) is 5.55. The van der Waals surface area contributed by atoms with E-state index >= 15 is 0 Å². The summed E-state index contributed by atoms with van der Waals surface area (Å²) in [6, 6.07) is 8.83. The van der Waals surface area contributed by atoms with Crippen molar-refractivity contribution in [2.75, 3.05) is 7.11 Å². The van der Waals surface area contributed by atoms with Crippen LogP contribution in [0.2, 0.25) is 0 Å². The lowest BCUT2D eigenvalue weighted by Gasteiger charge is -2.07. The Kier molecular flexibility index (Phi) is 3.48. The van der Waals surface area contributed by atoms with E-state index in [-0.39, 0.29) is 12.6 Å². The molecule has 1 aromatic carbocycles. The molecule has 94 valence electrons. The lowest BCUT2D eigenvalue weighted by atomic mass is 10.0. The fourth-order valence-electron chi connectivity index (χ4n) is 1.84. The highest BCUT2D eigenvalue weighted by Crippen LogP contribution is 2.27. The SMILES string of the molecule is COC(=O)c1cccc(-c2ccc(CO)o2)c1C. The van der Waals surface area contributed by atoms with Gasteiger partial charge in [-0.3, -0.25) is 0 Å². The molecule has 0 unspecified atom stereocenters. The van der Waals surface area contributed by atoms with Crippen LogP contribution in [0.15, 0.2) is 34.7 Å². The van der Waals surface area contributed by atoms with Gasteiger partial charge < -0.3 is 14.3 Å². The largest absolute Gasteiger partial charge is 0.465 e. The van der Waals surface area contributed by atoms with Gasteiger partial charge in [-0.1, -0.05) is 12.1 Å². The third-order valence-electron chi connectivity index (χ3n) is 2.82. The van der Waals surface area contributed by atoms with Gasteiger partial charge in [-0.05, 0) is 30.7 Å². The normalized spacial score (nSPS) is 10.4. The Morgan fingerprint density at radius 2 is 2.11 bits per heavy atom. The van der Waals surface area contributed by atoms with Gasteiger partial charge in [0, 0.05) is 5.56 Å². The van der Waals surface area contributed by atoms with Crippen LogP contribution in [0.3, 0.4) is 0 Å². The number of aliphatic hydroxyl groups is 1. The third kappa shape index (κ3) is 2.15. The maximum Gasteiger partial charge on any atom is 0.338 e. The first-order valence-electron chi connectivity index (χ1n) is 5.55. The second-order valence-corrected chi connectivity index (χ2v) is 3.89. The van der Waals surface area contributed by atoms with E-state index in [1.54, 1.807) is 24.3 Å². The highest BCUT2D eigenvalue weighted by Gasteiger charge is 2.14. The summed E-state index contributed by atoms with van der Waals surface area (Å²) in [5, 5.41) is 8.98. The molecule has 0 saturated carbocycles. The molecule has 0 atom stereocenters. The van der Waals surface area contributed by atoms with Gasteiger partial charge >= 0.3 is 5.97 Å². The van der Waals surface area contributed by atoms with Crippen LogP contribution in [0.25, 0.3) is 11.3 Å². The Labute approximate surface area is 105 Å². The van der Waals surface area contributed by atoms with E-state index in [4.69, 9.17) is 14.3 Å². The molecule has 0 spiro atoms. The summed E-state index contributed by atoms with van der Waals surface area (Å²) in [6.45, 7) is 1.69. The standard InChI is InChI=1S/C14H14O4/c1-9-11(13-7-6-10(8-15)18-13)4-3-5-12(9)14(16)17-2/h3-7,15H,8H2,1-2H3. The van der Waals surface area contributed by atoms with E-state index in [9.17, 15) is 4.79 Å². The summed E-state index contributed by atoms with van der Waals surface area (Å²) in [4.78, 5) is 11.6. The van der Waals surface area contributed by atoms with E-state index < -0.39 is 0 Å². The second-order valence-electron chi connectivity index (χ2n) is 3.89. The summed E-state index contributed by atoms with van der Waals surface area (Å²) >= 11 is 0. The number of carbonyl (C=O) groups is 1. The second kappa shape index (κ2) is 5.06. The van der Waals surface area contributed by atoms with E-state index in [1.807, 2.05) is 13.0 Å². The first-order chi connectivity index (χ1) is 8.67. The minimum absolute atomic E-state index is 0.143. The van der Waals surface area contributed by atoms with Gasteiger partial charge in [0.05, 0.1) is 12.7 Å². The molecule has 0 amide bonds. The Balaban J connectivity index is 2.48. The lowest BCUT2D eigenvalue weighted by molar-refractivity contribution is 0.0600. The molecule has 2 aromatic rings. The molecule has 18 heavy (non-hydrogen) atoms. The van der Waals surface area contributed by atoms with Crippen LogP contribution in [0, 0.1) is 6.92 Å². The smallest absolute Gasteiger partial charge is 0.338 e. The zero-order chi connectivity index (χ0) is 13.1. The minimum Gasteiger partial charge on any atom is -0.465 e. The topological polar surface area (TPSA) is 59.7 Å². The number of methoxy groups -OCH3 is 1. The van der Waals surface area contributed by atoms with Crippen molar-refractivity contribution in [2.24, 2.45) is 0 Å². The Morgan fingerprint density at radius 3 is 2.72 bits per heavy atom. The monoisotopic (exact) mass is 246 g/mol. The van der Waals surface area contributed by atoms with Crippen molar-refractivity contribution >= 4 is 5.97 Å². The van der Waals surface area contributed by atoms with Gasteiger partial charge in [0.15, 0.2) is 0 Å². The van der Waals surface area contributed by atoms with Gasteiger partial charge in [0.25, 0.3) is 0 Å². The van der Waals surface area contributed by atoms with Crippen molar-refractivity contribution in [2.45, 2.75) is 13.5 Å². The number of carbonyl (C=O) groups excluding carboxylic acids is 1. The molecule has 0 radical (unpaired) electrons. The predicted octanol–water partition coefficient (Wildman–Crippen LogP) is 2.53. The molecule has 4 nitrogen and oxygen atoms in total. The van der Waals surface area contributed by atoms with Crippen molar-refractivity contribution in [1.82, 2.24) is 0 Å². The van der Waals surface area contributed by atoms with Gasteiger partial charge in [-0.2, -0.15) is 0 Å².